The van der Waals surface area contributed by atoms with Crippen molar-refractivity contribution in [2.45, 2.75) is 32.8 Å². The minimum atomic E-state index is -1.21. The molecule has 0 spiro atoms. The molecule has 0 unspecified atom stereocenters. The van der Waals surface area contributed by atoms with E-state index in [4.69, 9.17) is 9.84 Å². The SMILES string of the molecule is COc1ccc2[nH]cc(CCNC(C)=O)c2c1.C[C@@H](O)CC(=O)[O-]. The summed E-state index contributed by atoms with van der Waals surface area (Å²) in [6.45, 7) is 3.58. The summed E-state index contributed by atoms with van der Waals surface area (Å²) in [5.74, 6) is -0.365. The average molecular weight is 335 g/mol. The molecule has 0 saturated heterocycles. The highest BCUT2D eigenvalue weighted by atomic mass is 16.5. The average Bonchev–Trinajstić information content (AvgIpc) is 2.88. The molecule has 7 nitrogen and oxygen atoms in total. The number of hydrogen-bond acceptors (Lipinski definition) is 5. The van der Waals surface area contributed by atoms with Crippen molar-refractivity contribution in [3.05, 3.63) is 30.0 Å². The van der Waals surface area contributed by atoms with Crippen LogP contribution in [0.15, 0.2) is 24.4 Å². The second kappa shape index (κ2) is 9.57. The number of amides is 1. The lowest BCUT2D eigenvalue weighted by Crippen LogP contribution is -2.25. The first-order valence-corrected chi connectivity index (χ1v) is 7.59. The van der Waals surface area contributed by atoms with Crippen LogP contribution in [-0.2, 0) is 16.0 Å². The molecule has 24 heavy (non-hydrogen) atoms. The smallest absolute Gasteiger partial charge is 0.216 e. The number of methoxy groups -OCH3 is 1. The van der Waals surface area contributed by atoms with E-state index in [1.54, 1.807) is 7.11 Å². The monoisotopic (exact) mass is 335 g/mol. The van der Waals surface area contributed by atoms with Crippen LogP contribution in [-0.4, -0.2) is 41.7 Å². The summed E-state index contributed by atoms with van der Waals surface area (Å²) < 4.78 is 5.21. The molecule has 2 rings (SSSR count). The number of aliphatic hydroxyl groups is 1. The molecule has 0 aliphatic heterocycles. The minimum absolute atomic E-state index is 0.00224. The number of aromatic amines is 1. The van der Waals surface area contributed by atoms with Crippen molar-refractivity contribution in [1.29, 1.82) is 0 Å². The molecular formula is C17H23N2O5-. The summed E-state index contributed by atoms with van der Waals surface area (Å²) in [5.41, 5.74) is 2.27. The quantitative estimate of drug-likeness (QED) is 0.705. The fourth-order valence-electron chi connectivity index (χ4n) is 2.11. The Morgan fingerprint density at radius 2 is 2.12 bits per heavy atom. The second-order valence-corrected chi connectivity index (χ2v) is 5.38. The number of ether oxygens (including phenoxy) is 1. The molecule has 0 saturated carbocycles. The number of aliphatic carboxylic acids is 1. The topological polar surface area (TPSA) is 114 Å². The number of carbonyl (C=O) groups excluding carboxylic acids is 2. The van der Waals surface area contributed by atoms with Crippen molar-refractivity contribution in [3.8, 4) is 5.75 Å². The Morgan fingerprint density at radius 3 is 2.62 bits per heavy atom. The first kappa shape index (κ1) is 19.5. The van der Waals surface area contributed by atoms with Crippen LogP contribution in [0.4, 0.5) is 0 Å². The van der Waals surface area contributed by atoms with E-state index in [2.05, 4.69) is 10.3 Å². The lowest BCUT2D eigenvalue weighted by Gasteiger charge is -2.03. The number of carbonyl (C=O) groups is 2. The molecule has 0 aliphatic rings. The summed E-state index contributed by atoms with van der Waals surface area (Å²) >= 11 is 0. The first-order chi connectivity index (χ1) is 11.3. The zero-order chi connectivity index (χ0) is 18.1. The number of carboxylic acids is 1. The fraction of sp³-hybridized carbons (Fsp3) is 0.412. The largest absolute Gasteiger partial charge is 0.550 e. The molecule has 0 aliphatic carbocycles. The van der Waals surface area contributed by atoms with Gasteiger partial charge in [0.25, 0.3) is 0 Å². The molecule has 1 amide bonds. The molecular weight excluding hydrogens is 312 g/mol. The Balaban J connectivity index is 0.000000351. The normalized spacial score (nSPS) is 11.3. The number of rotatable bonds is 6. The van der Waals surface area contributed by atoms with Gasteiger partial charge in [-0.15, -0.1) is 0 Å². The molecule has 1 heterocycles. The number of H-pyrrole nitrogens is 1. The van der Waals surface area contributed by atoms with Gasteiger partial charge in [-0.05, 0) is 37.1 Å². The van der Waals surface area contributed by atoms with Gasteiger partial charge >= 0.3 is 0 Å². The van der Waals surface area contributed by atoms with E-state index in [1.807, 2.05) is 24.4 Å². The summed E-state index contributed by atoms with van der Waals surface area (Å²) in [7, 11) is 1.66. The lowest BCUT2D eigenvalue weighted by molar-refractivity contribution is -0.307. The van der Waals surface area contributed by atoms with E-state index in [9.17, 15) is 14.7 Å². The van der Waals surface area contributed by atoms with Gasteiger partial charge in [0.2, 0.25) is 5.91 Å². The van der Waals surface area contributed by atoms with Crippen molar-refractivity contribution in [1.82, 2.24) is 10.3 Å². The van der Waals surface area contributed by atoms with Gasteiger partial charge in [0.1, 0.15) is 5.75 Å². The van der Waals surface area contributed by atoms with Gasteiger partial charge in [0.05, 0.1) is 13.2 Å². The van der Waals surface area contributed by atoms with Crippen molar-refractivity contribution in [2.75, 3.05) is 13.7 Å². The van der Waals surface area contributed by atoms with Crippen LogP contribution in [0.5, 0.6) is 5.75 Å². The molecule has 3 N–H and O–H groups in total. The van der Waals surface area contributed by atoms with Crippen LogP contribution in [0.25, 0.3) is 10.9 Å². The van der Waals surface area contributed by atoms with Gasteiger partial charge < -0.3 is 30.0 Å². The highest BCUT2D eigenvalue weighted by Gasteiger charge is 2.05. The number of nitrogens with one attached hydrogen (secondary N) is 2. The summed E-state index contributed by atoms with van der Waals surface area (Å²) in [6.07, 6.45) is 1.73. The molecule has 0 bridgehead atoms. The first-order valence-electron chi connectivity index (χ1n) is 7.59. The highest BCUT2D eigenvalue weighted by molar-refractivity contribution is 5.84. The lowest BCUT2D eigenvalue weighted by atomic mass is 10.1. The number of aliphatic hydroxyl groups excluding tert-OH is 1. The van der Waals surface area contributed by atoms with Crippen molar-refractivity contribution < 1.29 is 24.5 Å². The molecule has 2 aromatic rings. The maximum absolute atomic E-state index is 10.8. The number of carboxylic acid groups (broad SMARTS) is 1. The minimum Gasteiger partial charge on any atom is -0.550 e. The maximum Gasteiger partial charge on any atom is 0.216 e. The fourth-order valence-corrected chi connectivity index (χ4v) is 2.11. The van der Waals surface area contributed by atoms with Crippen LogP contribution >= 0.6 is 0 Å². The van der Waals surface area contributed by atoms with E-state index in [0.29, 0.717) is 6.54 Å². The zero-order valence-corrected chi connectivity index (χ0v) is 14.1. The summed E-state index contributed by atoms with van der Waals surface area (Å²) in [6, 6.07) is 5.93. The molecule has 1 atom stereocenters. The predicted octanol–water partition coefficient (Wildman–Crippen LogP) is 0.362. The van der Waals surface area contributed by atoms with Gasteiger partial charge in [-0.1, -0.05) is 0 Å². The highest BCUT2D eigenvalue weighted by Crippen LogP contribution is 2.23. The zero-order valence-electron chi connectivity index (χ0n) is 14.1. The maximum atomic E-state index is 10.8. The van der Waals surface area contributed by atoms with Crippen LogP contribution in [0, 0.1) is 0 Å². The van der Waals surface area contributed by atoms with Crippen molar-refractivity contribution in [3.63, 3.8) is 0 Å². The van der Waals surface area contributed by atoms with Gasteiger partial charge in [0, 0.05) is 43.0 Å². The van der Waals surface area contributed by atoms with Crippen LogP contribution in [0.2, 0.25) is 0 Å². The van der Waals surface area contributed by atoms with E-state index in [1.165, 1.54) is 19.4 Å². The van der Waals surface area contributed by atoms with Gasteiger partial charge in [0.15, 0.2) is 0 Å². The van der Waals surface area contributed by atoms with Gasteiger partial charge in [-0.3, -0.25) is 4.79 Å². The van der Waals surface area contributed by atoms with Crippen molar-refractivity contribution in [2.24, 2.45) is 0 Å². The standard InChI is InChI=1S/C13H16N2O2.C4H8O3/c1-9(16)14-6-5-10-8-15-13-4-3-11(17-2)7-12(10)13;1-3(5)2-4(6)7/h3-4,7-8,15H,5-6H2,1-2H3,(H,14,16);3,5H,2H2,1H3,(H,6,7)/p-1/t;3-/m.1/s1. The molecule has 1 aromatic heterocycles. The summed E-state index contributed by atoms with van der Waals surface area (Å²) in [5, 5.41) is 21.8. The third-order valence-electron chi connectivity index (χ3n) is 3.20. The predicted molar refractivity (Wildman–Crippen MR) is 88.5 cm³/mol. The molecule has 1 aromatic carbocycles. The van der Waals surface area contributed by atoms with E-state index < -0.39 is 12.1 Å². The van der Waals surface area contributed by atoms with Gasteiger partial charge in [-0.25, -0.2) is 0 Å². The van der Waals surface area contributed by atoms with Gasteiger partial charge in [-0.2, -0.15) is 0 Å². The summed E-state index contributed by atoms with van der Waals surface area (Å²) in [4.78, 5) is 23.5. The number of aromatic nitrogens is 1. The van der Waals surface area contributed by atoms with E-state index >= 15 is 0 Å². The van der Waals surface area contributed by atoms with E-state index in [0.717, 1.165) is 23.1 Å². The third kappa shape index (κ3) is 6.70. The molecule has 132 valence electrons. The Hall–Kier alpha value is -2.54. The Kier molecular flexibility index (Phi) is 7.77. The molecule has 7 heteroatoms. The van der Waals surface area contributed by atoms with Crippen LogP contribution in [0.3, 0.4) is 0 Å². The third-order valence-corrected chi connectivity index (χ3v) is 3.20. The van der Waals surface area contributed by atoms with E-state index in [-0.39, 0.29) is 12.3 Å². The number of benzene rings is 1. The number of fused-ring (bicyclic) bond motifs is 1. The second-order valence-electron chi connectivity index (χ2n) is 5.38. The molecule has 0 fully saturated rings. The van der Waals surface area contributed by atoms with Crippen LogP contribution in [0.1, 0.15) is 25.8 Å². The number of hydrogen-bond donors (Lipinski definition) is 3. The Morgan fingerprint density at radius 1 is 1.42 bits per heavy atom. The van der Waals surface area contributed by atoms with Crippen molar-refractivity contribution >= 4 is 22.8 Å². The molecule has 0 radical (unpaired) electrons. The Bertz CT molecular complexity index is 679. The van der Waals surface area contributed by atoms with Crippen LogP contribution < -0.4 is 15.2 Å². The Labute approximate surface area is 140 Å².